The molecule has 0 aliphatic rings. The summed E-state index contributed by atoms with van der Waals surface area (Å²) >= 11 is 1.52. The Morgan fingerprint density at radius 2 is 1.89 bits per heavy atom. The predicted octanol–water partition coefficient (Wildman–Crippen LogP) is 3.07. The summed E-state index contributed by atoms with van der Waals surface area (Å²) in [6, 6.07) is 11.7. The largest absolute Gasteiger partial charge is 0.397 e. The molecule has 0 spiro atoms. The van der Waals surface area contributed by atoms with Crippen LogP contribution < -0.4 is 5.73 Å². The van der Waals surface area contributed by atoms with Gasteiger partial charge < -0.3 is 5.73 Å². The summed E-state index contributed by atoms with van der Waals surface area (Å²) in [6.07, 6.45) is 1.58. The number of nitrogen functional groups attached to an aromatic ring is 1. The average molecular weight is 268 g/mol. The lowest BCUT2D eigenvalue weighted by molar-refractivity contribution is 1.05. The van der Waals surface area contributed by atoms with Crippen LogP contribution in [0.5, 0.6) is 0 Å². The van der Waals surface area contributed by atoms with Gasteiger partial charge in [-0.25, -0.2) is 15.0 Å². The summed E-state index contributed by atoms with van der Waals surface area (Å²) in [5.74, 6) is 0. The molecule has 2 N–H and O–H groups in total. The molecule has 0 saturated carbocycles. The Bertz CT molecular complexity index is 737. The molecule has 0 bridgehead atoms. The number of benzene rings is 1. The van der Waals surface area contributed by atoms with Crippen LogP contribution in [0.2, 0.25) is 0 Å². The highest BCUT2D eigenvalue weighted by Crippen LogP contribution is 2.30. The van der Waals surface area contributed by atoms with Gasteiger partial charge in [-0.3, -0.25) is 0 Å². The fraction of sp³-hybridized carbons (Fsp3) is 0.0714. The van der Waals surface area contributed by atoms with Gasteiger partial charge in [0.05, 0.1) is 16.9 Å². The number of hydrogen-bond acceptors (Lipinski definition) is 5. The zero-order chi connectivity index (χ0) is 13.2. The lowest BCUT2D eigenvalue weighted by Gasteiger charge is -2.05. The van der Waals surface area contributed by atoms with Crippen molar-refractivity contribution >= 4 is 28.4 Å². The maximum Gasteiger partial charge on any atom is 0.117 e. The summed E-state index contributed by atoms with van der Waals surface area (Å²) < 4.78 is 0. The second-order valence-electron chi connectivity index (χ2n) is 4.12. The van der Waals surface area contributed by atoms with E-state index in [2.05, 4.69) is 15.0 Å². The smallest absolute Gasteiger partial charge is 0.117 e. The van der Waals surface area contributed by atoms with Crippen LogP contribution in [0.4, 0.5) is 5.69 Å². The number of nitrogens with zero attached hydrogens (tertiary/aromatic N) is 3. The van der Waals surface area contributed by atoms with Crippen molar-refractivity contribution in [3.05, 3.63) is 48.4 Å². The van der Waals surface area contributed by atoms with Crippen molar-refractivity contribution in [3.8, 4) is 0 Å². The summed E-state index contributed by atoms with van der Waals surface area (Å²) in [4.78, 5) is 13.0. The summed E-state index contributed by atoms with van der Waals surface area (Å²) in [6.45, 7) is 1.90. The van der Waals surface area contributed by atoms with Crippen LogP contribution in [0.3, 0.4) is 0 Å². The molecular weight excluding hydrogens is 256 g/mol. The number of para-hydroxylation sites is 1. The van der Waals surface area contributed by atoms with Gasteiger partial charge in [0, 0.05) is 5.39 Å². The maximum atomic E-state index is 5.78. The first kappa shape index (κ1) is 11.9. The zero-order valence-electron chi connectivity index (χ0n) is 10.4. The SMILES string of the molecule is Cc1nc(Sc2ncnc3ccccc23)ccc1N. The van der Waals surface area contributed by atoms with E-state index in [1.807, 2.05) is 43.3 Å². The van der Waals surface area contributed by atoms with Gasteiger partial charge in [0.15, 0.2) is 0 Å². The van der Waals surface area contributed by atoms with E-state index >= 15 is 0 Å². The maximum absolute atomic E-state index is 5.78. The van der Waals surface area contributed by atoms with Crippen LogP contribution in [0.15, 0.2) is 52.8 Å². The predicted molar refractivity (Wildman–Crippen MR) is 77.0 cm³/mol. The molecule has 94 valence electrons. The monoisotopic (exact) mass is 268 g/mol. The minimum atomic E-state index is 0.705. The van der Waals surface area contributed by atoms with E-state index in [-0.39, 0.29) is 0 Å². The molecule has 2 aromatic heterocycles. The highest BCUT2D eigenvalue weighted by molar-refractivity contribution is 7.99. The normalized spacial score (nSPS) is 10.8. The van der Waals surface area contributed by atoms with Gasteiger partial charge in [-0.2, -0.15) is 0 Å². The van der Waals surface area contributed by atoms with E-state index in [1.165, 1.54) is 11.8 Å². The molecule has 0 aliphatic carbocycles. The Kier molecular flexibility index (Phi) is 3.05. The third-order valence-electron chi connectivity index (χ3n) is 2.81. The van der Waals surface area contributed by atoms with Gasteiger partial charge >= 0.3 is 0 Å². The van der Waals surface area contributed by atoms with Crippen LogP contribution in [0, 0.1) is 6.92 Å². The van der Waals surface area contributed by atoms with Crippen molar-refractivity contribution in [2.75, 3.05) is 5.73 Å². The summed E-state index contributed by atoms with van der Waals surface area (Å²) in [5.41, 5.74) is 8.25. The van der Waals surface area contributed by atoms with Crippen LogP contribution in [-0.4, -0.2) is 15.0 Å². The molecule has 0 fully saturated rings. The molecule has 0 radical (unpaired) electrons. The number of aromatic nitrogens is 3. The molecule has 5 heteroatoms. The Morgan fingerprint density at radius 3 is 2.74 bits per heavy atom. The van der Waals surface area contributed by atoms with Crippen molar-refractivity contribution in [1.29, 1.82) is 0 Å². The fourth-order valence-corrected chi connectivity index (χ4v) is 2.67. The molecular formula is C14H12N4S. The molecule has 0 aliphatic heterocycles. The highest BCUT2D eigenvalue weighted by atomic mass is 32.2. The molecule has 4 nitrogen and oxygen atoms in total. The van der Waals surface area contributed by atoms with Crippen LogP contribution in [-0.2, 0) is 0 Å². The van der Waals surface area contributed by atoms with E-state index in [9.17, 15) is 0 Å². The molecule has 3 rings (SSSR count). The third kappa shape index (κ3) is 2.37. The molecule has 0 atom stereocenters. The van der Waals surface area contributed by atoms with E-state index in [0.29, 0.717) is 5.69 Å². The number of pyridine rings is 1. The van der Waals surface area contributed by atoms with Crippen LogP contribution in [0.1, 0.15) is 5.69 Å². The first-order valence-corrected chi connectivity index (χ1v) is 6.66. The second-order valence-corrected chi connectivity index (χ2v) is 5.13. The first-order chi connectivity index (χ1) is 9.24. The molecule has 3 aromatic rings. The summed E-state index contributed by atoms with van der Waals surface area (Å²) in [7, 11) is 0. The molecule has 0 saturated heterocycles. The molecule has 0 amide bonds. The van der Waals surface area contributed by atoms with E-state index in [1.54, 1.807) is 6.33 Å². The standard InChI is InChI=1S/C14H12N4S/c1-9-11(15)6-7-13(18-9)19-14-10-4-2-3-5-12(10)16-8-17-14/h2-8H,15H2,1H3. The Hall–Kier alpha value is -2.14. The number of anilines is 1. The molecule has 19 heavy (non-hydrogen) atoms. The number of aryl methyl sites for hydroxylation is 1. The van der Waals surface area contributed by atoms with Crippen LogP contribution >= 0.6 is 11.8 Å². The summed E-state index contributed by atoms with van der Waals surface area (Å²) in [5, 5.41) is 2.82. The highest BCUT2D eigenvalue weighted by Gasteiger charge is 2.07. The van der Waals surface area contributed by atoms with Gasteiger partial charge in [-0.1, -0.05) is 18.2 Å². The lowest BCUT2D eigenvalue weighted by Crippen LogP contribution is -1.94. The Morgan fingerprint density at radius 1 is 1.05 bits per heavy atom. The number of fused-ring (bicyclic) bond motifs is 1. The number of hydrogen-bond donors (Lipinski definition) is 1. The number of nitrogens with two attached hydrogens (primary N) is 1. The van der Waals surface area contributed by atoms with Gasteiger partial charge in [0.1, 0.15) is 16.4 Å². The van der Waals surface area contributed by atoms with Crippen molar-refractivity contribution in [2.24, 2.45) is 0 Å². The minimum absolute atomic E-state index is 0.705. The third-order valence-corrected chi connectivity index (χ3v) is 3.76. The Balaban J connectivity index is 2.03. The van der Waals surface area contributed by atoms with Crippen molar-refractivity contribution < 1.29 is 0 Å². The molecule has 0 unspecified atom stereocenters. The lowest BCUT2D eigenvalue weighted by atomic mass is 10.2. The Labute approximate surface area is 115 Å². The van der Waals surface area contributed by atoms with Crippen molar-refractivity contribution in [2.45, 2.75) is 17.0 Å². The zero-order valence-corrected chi connectivity index (χ0v) is 11.2. The molecule has 2 heterocycles. The van der Waals surface area contributed by atoms with Crippen LogP contribution in [0.25, 0.3) is 10.9 Å². The van der Waals surface area contributed by atoms with E-state index in [0.717, 1.165) is 26.6 Å². The second kappa shape index (κ2) is 4.85. The van der Waals surface area contributed by atoms with Crippen molar-refractivity contribution in [1.82, 2.24) is 15.0 Å². The van der Waals surface area contributed by atoms with Gasteiger partial charge in [0.25, 0.3) is 0 Å². The molecule has 1 aromatic carbocycles. The first-order valence-electron chi connectivity index (χ1n) is 5.85. The van der Waals surface area contributed by atoms with E-state index < -0.39 is 0 Å². The average Bonchev–Trinajstić information content (AvgIpc) is 2.43. The fourth-order valence-electron chi connectivity index (χ4n) is 1.77. The topological polar surface area (TPSA) is 64.7 Å². The van der Waals surface area contributed by atoms with Gasteiger partial charge in [-0.15, -0.1) is 0 Å². The number of rotatable bonds is 2. The van der Waals surface area contributed by atoms with E-state index in [4.69, 9.17) is 5.73 Å². The van der Waals surface area contributed by atoms with Gasteiger partial charge in [0.2, 0.25) is 0 Å². The minimum Gasteiger partial charge on any atom is -0.397 e. The van der Waals surface area contributed by atoms with Crippen molar-refractivity contribution in [3.63, 3.8) is 0 Å². The quantitative estimate of drug-likeness (QED) is 0.724. The van der Waals surface area contributed by atoms with Gasteiger partial charge in [-0.05, 0) is 36.9 Å².